The van der Waals surface area contributed by atoms with Crippen LogP contribution in [0.25, 0.3) is 11.3 Å². The predicted octanol–water partition coefficient (Wildman–Crippen LogP) is 2.81. The zero-order chi connectivity index (χ0) is 13.7. The Hall–Kier alpha value is -1.46. The number of benzene rings is 1. The molecule has 0 fully saturated rings. The van der Waals surface area contributed by atoms with Crippen molar-refractivity contribution < 1.29 is 4.74 Å². The first-order chi connectivity index (χ1) is 9.24. The number of nitrogens with two attached hydrogens (primary N) is 1. The SMILES string of the molecule is COc1ccc(-c2ccnc(CCCN)n2)cc1Br. The smallest absolute Gasteiger partial charge is 0.133 e. The van der Waals surface area contributed by atoms with Crippen molar-refractivity contribution in [3.63, 3.8) is 0 Å². The van der Waals surface area contributed by atoms with Crippen LogP contribution in [-0.4, -0.2) is 23.6 Å². The monoisotopic (exact) mass is 321 g/mol. The van der Waals surface area contributed by atoms with Crippen LogP contribution < -0.4 is 10.5 Å². The maximum Gasteiger partial charge on any atom is 0.133 e. The highest BCUT2D eigenvalue weighted by atomic mass is 79.9. The third-order valence-corrected chi connectivity index (χ3v) is 3.38. The second-order valence-corrected chi connectivity index (χ2v) is 4.95. The number of halogens is 1. The summed E-state index contributed by atoms with van der Waals surface area (Å²) in [6.07, 6.45) is 3.49. The lowest BCUT2D eigenvalue weighted by Gasteiger charge is -2.07. The summed E-state index contributed by atoms with van der Waals surface area (Å²) >= 11 is 3.48. The summed E-state index contributed by atoms with van der Waals surface area (Å²) in [5.41, 5.74) is 7.44. The average Bonchev–Trinajstić information content (AvgIpc) is 2.45. The summed E-state index contributed by atoms with van der Waals surface area (Å²) in [4.78, 5) is 8.80. The van der Waals surface area contributed by atoms with Crippen molar-refractivity contribution >= 4 is 15.9 Å². The molecular weight excluding hydrogens is 306 g/mol. The molecule has 0 saturated heterocycles. The molecule has 0 amide bonds. The van der Waals surface area contributed by atoms with Crippen molar-refractivity contribution in [2.24, 2.45) is 5.73 Å². The molecule has 0 atom stereocenters. The minimum Gasteiger partial charge on any atom is -0.496 e. The molecule has 1 aromatic heterocycles. The lowest BCUT2D eigenvalue weighted by molar-refractivity contribution is 0.412. The zero-order valence-electron chi connectivity index (χ0n) is 10.8. The number of hydrogen-bond acceptors (Lipinski definition) is 4. The van der Waals surface area contributed by atoms with E-state index in [1.807, 2.05) is 24.3 Å². The normalized spacial score (nSPS) is 10.5. The van der Waals surface area contributed by atoms with Crippen molar-refractivity contribution in [2.75, 3.05) is 13.7 Å². The lowest BCUT2D eigenvalue weighted by atomic mass is 10.1. The van der Waals surface area contributed by atoms with E-state index >= 15 is 0 Å². The summed E-state index contributed by atoms with van der Waals surface area (Å²) < 4.78 is 6.13. The quantitative estimate of drug-likeness (QED) is 0.919. The molecule has 0 unspecified atom stereocenters. The van der Waals surface area contributed by atoms with Crippen LogP contribution in [0.1, 0.15) is 12.2 Å². The first-order valence-corrected chi connectivity index (χ1v) is 6.90. The second-order valence-electron chi connectivity index (χ2n) is 4.10. The average molecular weight is 322 g/mol. The molecule has 0 aliphatic carbocycles. The zero-order valence-corrected chi connectivity index (χ0v) is 12.4. The van der Waals surface area contributed by atoms with Crippen LogP contribution in [0.15, 0.2) is 34.9 Å². The minimum atomic E-state index is 0.654. The Morgan fingerprint density at radius 1 is 1.32 bits per heavy atom. The van der Waals surface area contributed by atoms with Gasteiger partial charge in [0.15, 0.2) is 0 Å². The van der Waals surface area contributed by atoms with Gasteiger partial charge in [-0.1, -0.05) is 0 Å². The van der Waals surface area contributed by atoms with Crippen molar-refractivity contribution in [1.82, 2.24) is 9.97 Å². The molecule has 0 saturated carbocycles. The van der Waals surface area contributed by atoms with Crippen molar-refractivity contribution in [3.8, 4) is 17.0 Å². The van der Waals surface area contributed by atoms with Crippen molar-refractivity contribution in [3.05, 3.63) is 40.8 Å². The Balaban J connectivity index is 2.28. The summed E-state index contributed by atoms with van der Waals surface area (Å²) in [6, 6.07) is 7.80. The van der Waals surface area contributed by atoms with Gasteiger partial charge in [-0.25, -0.2) is 9.97 Å². The van der Waals surface area contributed by atoms with E-state index in [9.17, 15) is 0 Å². The van der Waals surface area contributed by atoms with Gasteiger partial charge in [0, 0.05) is 18.2 Å². The Bertz CT molecular complexity index is 560. The Kier molecular flexibility index (Phi) is 4.87. The van der Waals surface area contributed by atoms with Crippen molar-refractivity contribution in [1.29, 1.82) is 0 Å². The second kappa shape index (κ2) is 6.63. The van der Waals surface area contributed by atoms with E-state index < -0.39 is 0 Å². The highest BCUT2D eigenvalue weighted by molar-refractivity contribution is 9.10. The van der Waals surface area contributed by atoms with Gasteiger partial charge in [-0.2, -0.15) is 0 Å². The molecule has 0 bridgehead atoms. The molecule has 19 heavy (non-hydrogen) atoms. The van der Waals surface area contributed by atoms with Crippen LogP contribution in [0.4, 0.5) is 0 Å². The molecule has 2 N–H and O–H groups in total. The van der Waals surface area contributed by atoms with E-state index in [0.29, 0.717) is 6.54 Å². The van der Waals surface area contributed by atoms with Crippen LogP contribution >= 0.6 is 15.9 Å². The van der Waals surface area contributed by atoms with Crippen LogP contribution in [0.5, 0.6) is 5.75 Å². The van der Waals surface area contributed by atoms with Gasteiger partial charge in [0.25, 0.3) is 0 Å². The summed E-state index contributed by atoms with van der Waals surface area (Å²) in [5, 5.41) is 0. The van der Waals surface area contributed by atoms with Gasteiger partial charge in [0.2, 0.25) is 0 Å². The highest BCUT2D eigenvalue weighted by Gasteiger charge is 2.06. The number of rotatable bonds is 5. The van der Waals surface area contributed by atoms with Gasteiger partial charge >= 0.3 is 0 Å². The topological polar surface area (TPSA) is 61.0 Å². The first-order valence-electron chi connectivity index (χ1n) is 6.10. The maximum atomic E-state index is 5.50. The predicted molar refractivity (Wildman–Crippen MR) is 79.1 cm³/mol. The Morgan fingerprint density at radius 3 is 2.84 bits per heavy atom. The van der Waals surface area contributed by atoms with Crippen LogP contribution in [0.2, 0.25) is 0 Å². The molecule has 5 heteroatoms. The third-order valence-electron chi connectivity index (χ3n) is 2.76. The van der Waals surface area contributed by atoms with Crippen LogP contribution in [0.3, 0.4) is 0 Å². The molecule has 0 spiro atoms. The Labute approximate surface area is 121 Å². The molecule has 0 radical (unpaired) electrons. The number of hydrogen-bond donors (Lipinski definition) is 1. The van der Waals surface area contributed by atoms with E-state index in [-0.39, 0.29) is 0 Å². The summed E-state index contributed by atoms with van der Waals surface area (Å²) in [5.74, 6) is 1.64. The summed E-state index contributed by atoms with van der Waals surface area (Å²) in [7, 11) is 1.65. The molecule has 2 rings (SSSR count). The van der Waals surface area contributed by atoms with Gasteiger partial charge in [-0.15, -0.1) is 0 Å². The van der Waals surface area contributed by atoms with E-state index in [2.05, 4.69) is 25.9 Å². The molecule has 1 heterocycles. The van der Waals surface area contributed by atoms with E-state index in [4.69, 9.17) is 10.5 Å². The van der Waals surface area contributed by atoms with Gasteiger partial charge in [0.05, 0.1) is 17.3 Å². The highest BCUT2D eigenvalue weighted by Crippen LogP contribution is 2.29. The van der Waals surface area contributed by atoms with E-state index in [0.717, 1.165) is 40.1 Å². The van der Waals surface area contributed by atoms with E-state index in [1.54, 1.807) is 13.3 Å². The van der Waals surface area contributed by atoms with Crippen LogP contribution in [-0.2, 0) is 6.42 Å². The fraction of sp³-hybridized carbons (Fsp3) is 0.286. The van der Waals surface area contributed by atoms with E-state index in [1.165, 1.54) is 0 Å². The molecule has 1 aromatic carbocycles. The van der Waals surface area contributed by atoms with Gasteiger partial charge in [0.1, 0.15) is 11.6 Å². The molecule has 2 aromatic rings. The molecule has 100 valence electrons. The molecule has 0 aliphatic rings. The number of aromatic nitrogens is 2. The van der Waals surface area contributed by atoms with Gasteiger partial charge < -0.3 is 10.5 Å². The number of nitrogens with zero attached hydrogens (tertiary/aromatic N) is 2. The maximum absolute atomic E-state index is 5.50. The standard InChI is InChI=1S/C14H16BrN3O/c1-19-13-5-4-10(9-11(13)15)12-6-8-17-14(18-12)3-2-7-16/h4-6,8-9H,2-3,7,16H2,1H3. The fourth-order valence-corrected chi connectivity index (χ4v) is 2.31. The van der Waals surface area contributed by atoms with Gasteiger partial charge in [-0.3, -0.25) is 0 Å². The number of ether oxygens (including phenoxy) is 1. The molecular formula is C14H16BrN3O. The lowest BCUT2D eigenvalue weighted by Crippen LogP contribution is -2.03. The Morgan fingerprint density at radius 2 is 2.16 bits per heavy atom. The van der Waals surface area contributed by atoms with Gasteiger partial charge in [-0.05, 0) is 53.2 Å². The molecule has 4 nitrogen and oxygen atoms in total. The van der Waals surface area contributed by atoms with Crippen molar-refractivity contribution in [2.45, 2.75) is 12.8 Å². The molecule has 0 aliphatic heterocycles. The fourth-order valence-electron chi connectivity index (χ4n) is 1.77. The minimum absolute atomic E-state index is 0.654. The number of methoxy groups -OCH3 is 1. The third kappa shape index (κ3) is 3.52. The first kappa shape index (κ1) is 14.0. The number of aryl methyl sites for hydroxylation is 1. The van der Waals surface area contributed by atoms with Crippen LogP contribution in [0, 0.1) is 0 Å². The summed E-state index contributed by atoms with van der Waals surface area (Å²) in [6.45, 7) is 0.654. The largest absolute Gasteiger partial charge is 0.496 e.